The van der Waals surface area contributed by atoms with E-state index in [1.165, 1.54) is 12.1 Å². The number of ether oxygens (including phenoxy) is 1. The van der Waals surface area contributed by atoms with Gasteiger partial charge in [-0.25, -0.2) is 4.98 Å². The van der Waals surface area contributed by atoms with Gasteiger partial charge in [0, 0.05) is 28.2 Å². The van der Waals surface area contributed by atoms with Crippen LogP contribution in [-0.2, 0) is 6.42 Å². The molecule has 0 fully saturated rings. The minimum absolute atomic E-state index is 0.101. The highest BCUT2D eigenvalue weighted by Crippen LogP contribution is 2.15. The second-order valence-electron chi connectivity index (χ2n) is 4.24. The molecule has 0 unspecified atom stereocenters. The number of nitro benzene ring substituents is 1. The van der Waals surface area contributed by atoms with Gasteiger partial charge in [-0.05, 0) is 41.1 Å². The van der Waals surface area contributed by atoms with Crippen LogP contribution in [0.15, 0.2) is 36.4 Å². The fourth-order valence-corrected chi connectivity index (χ4v) is 1.96. The molecule has 0 spiro atoms. The Bertz CT molecular complexity index is 614. The molecule has 0 amide bonds. The Balaban J connectivity index is 1.89. The first kappa shape index (κ1) is 14.7. The molecule has 0 aliphatic rings. The molecular formula is C14H13IN2O3. The van der Waals surface area contributed by atoms with Crippen LogP contribution >= 0.6 is 22.6 Å². The summed E-state index contributed by atoms with van der Waals surface area (Å²) in [6, 6.07) is 10.3. The highest BCUT2D eigenvalue weighted by Gasteiger charge is 2.04. The molecular weight excluding hydrogens is 371 g/mol. The van der Waals surface area contributed by atoms with Gasteiger partial charge in [-0.15, -0.1) is 0 Å². The lowest BCUT2D eigenvalue weighted by Gasteiger charge is -2.06. The third-order valence-corrected chi connectivity index (χ3v) is 3.92. The number of non-ortho nitro benzene ring substituents is 1. The number of halogens is 1. The Hall–Kier alpha value is -1.70. The fraction of sp³-hybridized carbons (Fsp3) is 0.214. The molecule has 0 atom stereocenters. The summed E-state index contributed by atoms with van der Waals surface area (Å²) in [7, 11) is 0. The van der Waals surface area contributed by atoms with Gasteiger partial charge in [-0.1, -0.05) is 12.1 Å². The zero-order valence-electron chi connectivity index (χ0n) is 10.9. The number of hydrogen-bond donors (Lipinski definition) is 0. The van der Waals surface area contributed by atoms with E-state index >= 15 is 0 Å². The van der Waals surface area contributed by atoms with Crippen molar-refractivity contribution in [3.63, 3.8) is 0 Å². The maximum Gasteiger partial charge on any atom is 0.269 e. The Kier molecular flexibility index (Phi) is 4.89. The van der Waals surface area contributed by atoms with Crippen molar-refractivity contribution in [2.45, 2.75) is 13.3 Å². The number of hydrogen-bond acceptors (Lipinski definition) is 4. The molecule has 0 saturated carbocycles. The Morgan fingerprint density at radius 3 is 2.55 bits per heavy atom. The van der Waals surface area contributed by atoms with E-state index in [0.717, 1.165) is 14.8 Å². The highest BCUT2D eigenvalue weighted by atomic mass is 127. The number of aromatic nitrogens is 1. The summed E-state index contributed by atoms with van der Waals surface area (Å²) >= 11 is 2.22. The molecule has 20 heavy (non-hydrogen) atoms. The smallest absolute Gasteiger partial charge is 0.269 e. The number of nitrogens with zero attached hydrogens (tertiary/aromatic N) is 2. The van der Waals surface area contributed by atoms with E-state index in [1.807, 2.05) is 19.1 Å². The zero-order valence-corrected chi connectivity index (χ0v) is 13.0. The van der Waals surface area contributed by atoms with Gasteiger partial charge < -0.3 is 4.74 Å². The maximum absolute atomic E-state index is 10.5. The third-order valence-electron chi connectivity index (χ3n) is 2.78. The fourth-order valence-electron chi connectivity index (χ4n) is 1.66. The molecule has 0 aliphatic carbocycles. The SMILES string of the molecule is Cc1nc(OCCc2ccc([N+](=O)[O-])cc2)ccc1I. The van der Waals surface area contributed by atoms with Gasteiger partial charge in [-0.3, -0.25) is 10.1 Å². The molecule has 1 aromatic carbocycles. The quantitative estimate of drug-likeness (QED) is 0.450. The van der Waals surface area contributed by atoms with Gasteiger partial charge in [0.15, 0.2) is 0 Å². The molecule has 0 bridgehead atoms. The average molecular weight is 384 g/mol. The predicted molar refractivity (Wildman–Crippen MR) is 84.0 cm³/mol. The second-order valence-corrected chi connectivity index (χ2v) is 5.40. The topological polar surface area (TPSA) is 65.3 Å². The van der Waals surface area contributed by atoms with Crippen LogP contribution in [0.5, 0.6) is 5.88 Å². The van der Waals surface area contributed by atoms with Gasteiger partial charge in [0.05, 0.1) is 17.2 Å². The number of aryl methyl sites for hydroxylation is 1. The lowest BCUT2D eigenvalue weighted by atomic mass is 10.1. The first-order valence-electron chi connectivity index (χ1n) is 6.05. The molecule has 2 rings (SSSR count). The van der Waals surface area contributed by atoms with Crippen molar-refractivity contribution in [1.82, 2.24) is 4.98 Å². The first-order chi connectivity index (χ1) is 9.56. The van der Waals surface area contributed by atoms with E-state index in [0.29, 0.717) is 18.9 Å². The van der Waals surface area contributed by atoms with Crippen LogP contribution in [0.3, 0.4) is 0 Å². The molecule has 6 heteroatoms. The van der Waals surface area contributed by atoms with Crippen LogP contribution in [0.2, 0.25) is 0 Å². The van der Waals surface area contributed by atoms with Gasteiger partial charge in [0.25, 0.3) is 5.69 Å². The van der Waals surface area contributed by atoms with E-state index in [4.69, 9.17) is 4.74 Å². The first-order valence-corrected chi connectivity index (χ1v) is 7.13. The van der Waals surface area contributed by atoms with Gasteiger partial charge in [-0.2, -0.15) is 0 Å². The Labute approximate surface area is 130 Å². The highest BCUT2D eigenvalue weighted by molar-refractivity contribution is 14.1. The summed E-state index contributed by atoms with van der Waals surface area (Å²) in [5.74, 6) is 0.602. The van der Waals surface area contributed by atoms with Crippen LogP contribution in [0.25, 0.3) is 0 Å². The van der Waals surface area contributed by atoms with Crippen LogP contribution < -0.4 is 4.74 Å². The zero-order chi connectivity index (χ0) is 14.5. The van der Waals surface area contributed by atoms with E-state index < -0.39 is 4.92 Å². The summed E-state index contributed by atoms with van der Waals surface area (Å²) in [6.07, 6.45) is 0.685. The number of benzene rings is 1. The molecule has 1 aromatic heterocycles. The van der Waals surface area contributed by atoms with Crippen molar-refractivity contribution in [2.75, 3.05) is 6.61 Å². The third kappa shape index (κ3) is 3.89. The standard InChI is InChI=1S/C14H13IN2O3/c1-10-13(15)6-7-14(16-10)20-9-8-11-2-4-12(5-3-11)17(18)19/h2-7H,8-9H2,1H3. The minimum Gasteiger partial charge on any atom is -0.477 e. The van der Waals surface area contributed by atoms with E-state index in [-0.39, 0.29) is 5.69 Å². The van der Waals surface area contributed by atoms with Crippen molar-refractivity contribution < 1.29 is 9.66 Å². The maximum atomic E-state index is 10.5. The molecule has 0 radical (unpaired) electrons. The predicted octanol–water partition coefficient (Wildman–Crippen LogP) is 3.52. The van der Waals surface area contributed by atoms with Gasteiger partial charge >= 0.3 is 0 Å². The monoisotopic (exact) mass is 384 g/mol. The van der Waals surface area contributed by atoms with Crippen molar-refractivity contribution in [3.8, 4) is 5.88 Å². The number of nitro groups is 1. The molecule has 0 N–H and O–H groups in total. The van der Waals surface area contributed by atoms with Crippen molar-refractivity contribution in [1.29, 1.82) is 0 Å². The Morgan fingerprint density at radius 1 is 1.25 bits per heavy atom. The van der Waals surface area contributed by atoms with Crippen molar-refractivity contribution in [3.05, 3.63) is 61.3 Å². The van der Waals surface area contributed by atoms with Crippen LogP contribution in [0, 0.1) is 20.6 Å². The normalized spacial score (nSPS) is 10.3. The van der Waals surface area contributed by atoms with Crippen molar-refractivity contribution >= 4 is 28.3 Å². The van der Waals surface area contributed by atoms with E-state index in [9.17, 15) is 10.1 Å². The lowest BCUT2D eigenvalue weighted by molar-refractivity contribution is -0.384. The summed E-state index contributed by atoms with van der Waals surface area (Å²) in [5.41, 5.74) is 2.04. The van der Waals surface area contributed by atoms with Crippen LogP contribution in [0.4, 0.5) is 5.69 Å². The van der Waals surface area contributed by atoms with Gasteiger partial charge in [0.1, 0.15) is 0 Å². The average Bonchev–Trinajstić information content (AvgIpc) is 2.43. The lowest BCUT2D eigenvalue weighted by Crippen LogP contribution is -2.03. The van der Waals surface area contributed by atoms with E-state index in [2.05, 4.69) is 27.6 Å². The summed E-state index contributed by atoms with van der Waals surface area (Å²) in [5, 5.41) is 10.5. The van der Waals surface area contributed by atoms with Gasteiger partial charge in [0.2, 0.25) is 5.88 Å². The summed E-state index contributed by atoms with van der Waals surface area (Å²) in [6.45, 7) is 2.43. The van der Waals surface area contributed by atoms with E-state index in [1.54, 1.807) is 12.1 Å². The van der Waals surface area contributed by atoms with Crippen molar-refractivity contribution in [2.24, 2.45) is 0 Å². The largest absolute Gasteiger partial charge is 0.477 e. The molecule has 2 aromatic rings. The molecule has 104 valence electrons. The molecule has 0 aliphatic heterocycles. The minimum atomic E-state index is -0.404. The Morgan fingerprint density at radius 2 is 1.95 bits per heavy atom. The molecule has 5 nitrogen and oxygen atoms in total. The summed E-state index contributed by atoms with van der Waals surface area (Å²) in [4.78, 5) is 14.5. The van der Waals surface area contributed by atoms with Crippen LogP contribution in [0.1, 0.15) is 11.3 Å². The second kappa shape index (κ2) is 6.65. The van der Waals surface area contributed by atoms with Crippen LogP contribution in [-0.4, -0.2) is 16.5 Å². The molecule has 1 heterocycles. The number of rotatable bonds is 5. The summed E-state index contributed by atoms with van der Waals surface area (Å²) < 4.78 is 6.68. The molecule has 0 saturated heterocycles. The number of pyridine rings is 1.